The fourth-order valence-electron chi connectivity index (χ4n) is 1.71. The molecule has 0 unspecified atom stereocenters. The Labute approximate surface area is 133 Å². The molecule has 0 aliphatic carbocycles. The van der Waals surface area contributed by atoms with Crippen molar-refractivity contribution in [2.24, 2.45) is 0 Å². The van der Waals surface area contributed by atoms with Crippen LogP contribution in [0.15, 0.2) is 48.7 Å². The minimum atomic E-state index is -0.896. The Morgan fingerprint density at radius 3 is 2.59 bits per heavy atom. The summed E-state index contributed by atoms with van der Waals surface area (Å²) >= 11 is 5.64. The molecule has 0 aliphatic rings. The van der Waals surface area contributed by atoms with Gasteiger partial charge < -0.3 is 10.1 Å². The number of hydrogen-bond acceptors (Lipinski definition) is 4. The maximum Gasteiger partial charge on any atom is 0.340 e. The van der Waals surface area contributed by atoms with Crippen LogP contribution in [0.3, 0.4) is 0 Å². The van der Waals surface area contributed by atoms with Crippen molar-refractivity contribution in [2.45, 2.75) is 19.6 Å². The standard InChI is InChI=1S/C16H15ClN2O3/c1-11(15(20)19-9-12-5-3-2-4-6-12)22-16(21)13-7-8-14(17)18-10-13/h2-8,10-11H,9H2,1H3,(H,19,20)/t11-/m1/s1. The molecule has 0 saturated carbocycles. The molecule has 0 radical (unpaired) electrons. The first-order chi connectivity index (χ1) is 10.6. The van der Waals surface area contributed by atoms with E-state index in [9.17, 15) is 9.59 Å². The number of hydrogen-bond donors (Lipinski definition) is 1. The molecule has 0 bridgehead atoms. The molecule has 22 heavy (non-hydrogen) atoms. The number of pyridine rings is 1. The molecule has 1 aromatic heterocycles. The number of nitrogens with one attached hydrogen (secondary N) is 1. The van der Waals surface area contributed by atoms with Crippen molar-refractivity contribution in [3.05, 3.63) is 64.9 Å². The largest absolute Gasteiger partial charge is 0.449 e. The SMILES string of the molecule is C[C@@H](OC(=O)c1ccc(Cl)nc1)C(=O)NCc1ccccc1. The van der Waals surface area contributed by atoms with Crippen molar-refractivity contribution in [3.63, 3.8) is 0 Å². The minimum Gasteiger partial charge on any atom is -0.449 e. The highest BCUT2D eigenvalue weighted by molar-refractivity contribution is 6.29. The number of nitrogens with zero attached hydrogens (tertiary/aromatic N) is 1. The van der Waals surface area contributed by atoms with Gasteiger partial charge in [0.25, 0.3) is 5.91 Å². The monoisotopic (exact) mass is 318 g/mol. The Bertz CT molecular complexity index is 644. The highest BCUT2D eigenvalue weighted by Gasteiger charge is 2.18. The first-order valence-corrected chi connectivity index (χ1v) is 7.08. The summed E-state index contributed by atoms with van der Waals surface area (Å²) in [6.45, 7) is 1.89. The van der Waals surface area contributed by atoms with E-state index in [1.807, 2.05) is 30.3 Å². The van der Waals surface area contributed by atoms with Crippen LogP contribution in [0.1, 0.15) is 22.8 Å². The third-order valence-electron chi connectivity index (χ3n) is 2.93. The van der Waals surface area contributed by atoms with E-state index in [-0.39, 0.29) is 16.6 Å². The molecular formula is C16H15ClN2O3. The second-order valence-corrected chi connectivity index (χ2v) is 5.01. The van der Waals surface area contributed by atoms with E-state index in [1.165, 1.54) is 25.3 Å². The highest BCUT2D eigenvalue weighted by Crippen LogP contribution is 2.08. The molecule has 1 aromatic carbocycles. The van der Waals surface area contributed by atoms with Crippen LogP contribution in [0, 0.1) is 0 Å². The molecule has 1 atom stereocenters. The lowest BCUT2D eigenvalue weighted by molar-refractivity contribution is -0.129. The lowest BCUT2D eigenvalue weighted by Crippen LogP contribution is -2.35. The molecule has 0 spiro atoms. The molecule has 1 heterocycles. The third-order valence-corrected chi connectivity index (χ3v) is 3.15. The topological polar surface area (TPSA) is 68.3 Å². The van der Waals surface area contributed by atoms with E-state index in [1.54, 1.807) is 0 Å². The van der Waals surface area contributed by atoms with Gasteiger partial charge in [0.2, 0.25) is 0 Å². The van der Waals surface area contributed by atoms with Crippen molar-refractivity contribution < 1.29 is 14.3 Å². The van der Waals surface area contributed by atoms with Gasteiger partial charge in [-0.3, -0.25) is 4.79 Å². The average Bonchev–Trinajstić information content (AvgIpc) is 2.54. The number of esters is 1. The Hall–Kier alpha value is -2.40. The summed E-state index contributed by atoms with van der Waals surface area (Å²) < 4.78 is 5.09. The molecule has 6 heteroatoms. The summed E-state index contributed by atoms with van der Waals surface area (Å²) in [5.74, 6) is -0.981. The van der Waals surface area contributed by atoms with E-state index >= 15 is 0 Å². The van der Waals surface area contributed by atoms with Gasteiger partial charge in [0, 0.05) is 12.7 Å². The second kappa shape index (κ2) is 7.56. The van der Waals surface area contributed by atoms with Crippen LogP contribution in [-0.2, 0) is 16.1 Å². The van der Waals surface area contributed by atoms with E-state index in [4.69, 9.17) is 16.3 Å². The van der Waals surface area contributed by atoms with E-state index in [2.05, 4.69) is 10.3 Å². The van der Waals surface area contributed by atoms with Crippen LogP contribution in [0.4, 0.5) is 0 Å². The number of aromatic nitrogens is 1. The number of carbonyl (C=O) groups excluding carboxylic acids is 2. The third kappa shape index (κ3) is 4.56. The van der Waals surface area contributed by atoms with Gasteiger partial charge in [-0.1, -0.05) is 41.9 Å². The van der Waals surface area contributed by atoms with E-state index < -0.39 is 12.1 Å². The predicted octanol–water partition coefficient (Wildman–Crippen LogP) is 2.60. The fraction of sp³-hybridized carbons (Fsp3) is 0.188. The summed E-state index contributed by atoms with van der Waals surface area (Å²) in [5, 5.41) is 2.99. The van der Waals surface area contributed by atoms with Gasteiger partial charge >= 0.3 is 5.97 Å². The van der Waals surface area contributed by atoms with Gasteiger partial charge in [-0.25, -0.2) is 9.78 Å². The van der Waals surface area contributed by atoms with Gasteiger partial charge in [0.05, 0.1) is 5.56 Å². The molecule has 2 rings (SSSR count). The van der Waals surface area contributed by atoms with Crippen LogP contribution in [0.2, 0.25) is 5.15 Å². The molecular weight excluding hydrogens is 304 g/mol. The quantitative estimate of drug-likeness (QED) is 0.679. The van der Waals surface area contributed by atoms with Gasteiger partial charge in [0.15, 0.2) is 6.10 Å². The number of ether oxygens (including phenoxy) is 1. The Kier molecular flexibility index (Phi) is 5.49. The van der Waals surface area contributed by atoms with Gasteiger partial charge in [-0.2, -0.15) is 0 Å². The van der Waals surface area contributed by atoms with Crippen molar-refractivity contribution in [2.75, 3.05) is 0 Å². The predicted molar refractivity (Wildman–Crippen MR) is 82.4 cm³/mol. The highest BCUT2D eigenvalue weighted by atomic mass is 35.5. The molecule has 0 fully saturated rings. The van der Waals surface area contributed by atoms with Crippen LogP contribution in [0.5, 0.6) is 0 Å². The smallest absolute Gasteiger partial charge is 0.340 e. The van der Waals surface area contributed by atoms with Crippen molar-refractivity contribution in [3.8, 4) is 0 Å². The Morgan fingerprint density at radius 1 is 1.23 bits per heavy atom. The normalized spacial score (nSPS) is 11.5. The lowest BCUT2D eigenvalue weighted by Gasteiger charge is -2.13. The number of benzene rings is 1. The molecule has 114 valence electrons. The maximum atomic E-state index is 11.9. The first kappa shape index (κ1) is 16.0. The zero-order valence-electron chi connectivity index (χ0n) is 12.0. The number of amides is 1. The van der Waals surface area contributed by atoms with E-state index in [0.717, 1.165) is 5.56 Å². The number of carbonyl (C=O) groups is 2. The van der Waals surface area contributed by atoms with Crippen LogP contribution in [-0.4, -0.2) is 23.0 Å². The van der Waals surface area contributed by atoms with Crippen LogP contribution < -0.4 is 5.32 Å². The van der Waals surface area contributed by atoms with Crippen molar-refractivity contribution in [1.29, 1.82) is 0 Å². The Morgan fingerprint density at radius 2 is 1.95 bits per heavy atom. The molecule has 5 nitrogen and oxygen atoms in total. The summed E-state index contributed by atoms with van der Waals surface area (Å²) in [5.41, 5.74) is 1.21. The van der Waals surface area contributed by atoms with E-state index in [0.29, 0.717) is 6.54 Å². The van der Waals surface area contributed by atoms with Gasteiger partial charge in [-0.05, 0) is 24.6 Å². The van der Waals surface area contributed by atoms with Crippen LogP contribution in [0.25, 0.3) is 0 Å². The molecule has 1 amide bonds. The van der Waals surface area contributed by atoms with Gasteiger partial charge in [-0.15, -0.1) is 0 Å². The first-order valence-electron chi connectivity index (χ1n) is 6.70. The summed E-state index contributed by atoms with van der Waals surface area (Å²) in [4.78, 5) is 27.6. The molecule has 2 aromatic rings. The van der Waals surface area contributed by atoms with Crippen molar-refractivity contribution in [1.82, 2.24) is 10.3 Å². The second-order valence-electron chi connectivity index (χ2n) is 4.62. The maximum absolute atomic E-state index is 11.9. The average molecular weight is 319 g/mol. The summed E-state index contributed by atoms with van der Waals surface area (Å²) in [6, 6.07) is 12.4. The number of halogens is 1. The zero-order valence-corrected chi connectivity index (χ0v) is 12.7. The molecule has 1 N–H and O–H groups in total. The minimum absolute atomic E-state index is 0.243. The van der Waals surface area contributed by atoms with Gasteiger partial charge in [0.1, 0.15) is 5.15 Å². The fourth-order valence-corrected chi connectivity index (χ4v) is 1.82. The summed E-state index contributed by atoms with van der Waals surface area (Å²) in [7, 11) is 0. The summed E-state index contributed by atoms with van der Waals surface area (Å²) in [6.07, 6.45) is 0.408. The number of rotatable bonds is 5. The Balaban J connectivity index is 1.85. The lowest BCUT2D eigenvalue weighted by atomic mass is 10.2. The molecule has 0 aliphatic heterocycles. The van der Waals surface area contributed by atoms with Crippen molar-refractivity contribution >= 4 is 23.5 Å². The zero-order chi connectivity index (χ0) is 15.9. The molecule has 0 saturated heterocycles. The van der Waals surface area contributed by atoms with Crippen LogP contribution >= 0.6 is 11.6 Å².